The van der Waals surface area contributed by atoms with Crippen molar-refractivity contribution in [2.75, 3.05) is 11.6 Å². The molecule has 2 rings (SSSR count). The molecule has 0 radical (unpaired) electrons. The first-order valence-electron chi connectivity index (χ1n) is 4.55. The zero-order valence-electron chi connectivity index (χ0n) is 7.90. The minimum atomic E-state index is -0.517. The third kappa shape index (κ3) is 2.49. The lowest BCUT2D eigenvalue weighted by atomic mass is 10.3. The molecule has 1 heterocycles. The fourth-order valence-corrected chi connectivity index (χ4v) is 2.18. The number of halogens is 1. The van der Waals surface area contributed by atoms with E-state index in [1.54, 1.807) is 23.9 Å². The molecule has 5 heteroatoms. The summed E-state index contributed by atoms with van der Waals surface area (Å²) in [6.45, 7) is 0. The molecule has 80 valence electrons. The molecule has 0 amide bonds. The van der Waals surface area contributed by atoms with E-state index in [2.05, 4.69) is 5.32 Å². The van der Waals surface area contributed by atoms with Crippen molar-refractivity contribution in [1.82, 2.24) is 5.32 Å². The maximum atomic E-state index is 13.1. The van der Waals surface area contributed by atoms with E-state index in [9.17, 15) is 9.18 Å². The van der Waals surface area contributed by atoms with Gasteiger partial charge in [-0.25, -0.2) is 9.18 Å². The number of hydrogen-bond acceptors (Lipinski definition) is 4. The molecule has 0 bridgehead atoms. The zero-order valence-corrected chi connectivity index (χ0v) is 8.72. The average molecular weight is 227 g/mol. The Morgan fingerprint density at radius 2 is 2.33 bits per heavy atom. The van der Waals surface area contributed by atoms with Crippen molar-refractivity contribution < 1.29 is 13.9 Å². The Balaban J connectivity index is 2.02. The molecule has 15 heavy (non-hydrogen) atoms. The van der Waals surface area contributed by atoms with Gasteiger partial charge in [0.15, 0.2) is 11.6 Å². The van der Waals surface area contributed by atoms with E-state index >= 15 is 0 Å². The van der Waals surface area contributed by atoms with Gasteiger partial charge in [0.05, 0.1) is 0 Å². The molecule has 1 N–H and O–H groups in total. The van der Waals surface area contributed by atoms with Gasteiger partial charge in [-0.05, 0) is 12.1 Å². The standard InChI is InChI=1S/C10H10FNO2S/c11-7-3-1-2-4-9(7)14-10(13)8-5-15-6-12-8/h1-4,8,12H,5-6H2. The topological polar surface area (TPSA) is 38.3 Å². The molecule has 0 spiro atoms. The largest absolute Gasteiger partial charge is 0.422 e. The Kier molecular flexibility index (Phi) is 3.23. The first-order valence-corrected chi connectivity index (χ1v) is 5.70. The predicted octanol–water partition coefficient (Wildman–Crippen LogP) is 1.39. The number of esters is 1. The summed E-state index contributed by atoms with van der Waals surface area (Å²) in [5.41, 5.74) is 0. The lowest BCUT2D eigenvalue weighted by Crippen LogP contribution is -2.36. The van der Waals surface area contributed by atoms with Crippen molar-refractivity contribution in [3.8, 4) is 5.75 Å². The smallest absolute Gasteiger partial charge is 0.329 e. The van der Waals surface area contributed by atoms with Crippen LogP contribution in [0.2, 0.25) is 0 Å². The van der Waals surface area contributed by atoms with Crippen molar-refractivity contribution in [3.05, 3.63) is 30.1 Å². The van der Waals surface area contributed by atoms with E-state index in [0.29, 0.717) is 5.75 Å². The van der Waals surface area contributed by atoms with Crippen molar-refractivity contribution in [2.24, 2.45) is 0 Å². The summed E-state index contributed by atoms with van der Waals surface area (Å²) in [5.74, 6) is 0.451. The normalized spacial score (nSPS) is 20.2. The van der Waals surface area contributed by atoms with E-state index in [-0.39, 0.29) is 11.8 Å². The third-order valence-corrected chi connectivity index (χ3v) is 2.99. The minimum absolute atomic E-state index is 0.0128. The summed E-state index contributed by atoms with van der Waals surface area (Å²) in [6.07, 6.45) is 0. The number of carbonyl (C=O) groups is 1. The van der Waals surface area contributed by atoms with Crippen molar-refractivity contribution in [3.63, 3.8) is 0 Å². The molecule has 1 saturated heterocycles. The third-order valence-electron chi connectivity index (χ3n) is 2.05. The monoisotopic (exact) mass is 227 g/mol. The lowest BCUT2D eigenvalue weighted by Gasteiger charge is -2.09. The van der Waals surface area contributed by atoms with Gasteiger partial charge in [0, 0.05) is 11.6 Å². The van der Waals surface area contributed by atoms with Crippen molar-refractivity contribution >= 4 is 17.7 Å². The summed E-state index contributed by atoms with van der Waals surface area (Å²) < 4.78 is 18.1. The molecule has 3 nitrogen and oxygen atoms in total. The second-order valence-electron chi connectivity index (χ2n) is 3.12. The number of para-hydroxylation sites is 1. The van der Waals surface area contributed by atoms with Gasteiger partial charge in [0.1, 0.15) is 6.04 Å². The Labute approximate surface area is 91.0 Å². The molecule has 0 saturated carbocycles. The highest BCUT2D eigenvalue weighted by atomic mass is 32.2. The van der Waals surface area contributed by atoms with Crippen LogP contribution in [0.4, 0.5) is 4.39 Å². The SMILES string of the molecule is O=C(Oc1ccccc1F)C1CSCN1. The van der Waals surface area contributed by atoms with Gasteiger partial charge in [-0.1, -0.05) is 12.1 Å². The van der Waals surface area contributed by atoms with E-state index in [0.717, 1.165) is 5.88 Å². The first-order chi connectivity index (χ1) is 7.27. The molecule has 1 aromatic carbocycles. The average Bonchev–Trinajstić information content (AvgIpc) is 2.74. The molecule has 1 aromatic rings. The first kappa shape index (κ1) is 10.4. The summed E-state index contributed by atoms with van der Waals surface area (Å²) in [4.78, 5) is 11.5. The van der Waals surface area contributed by atoms with Crippen LogP contribution in [0.5, 0.6) is 5.75 Å². The zero-order chi connectivity index (χ0) is 10.7. The Morgan fingerprint density at radius 3 is 3.00 bits per heavy atom. The van der Waals surface area contributed by atoms with Crippen LogP contribution in [0.3, 0.4) is 0 Å². The Morgan fingerprint density at radius 1 is 1.53 bits per heavy atom. The number of ether oxygens (including phenoxy) is 1. The van der Waals surface area contributed by atoms with Crippen LogP contribution in [0.25, 0.3) is 0 Å². The van der Waals surface area contributed by atoms with Crippen molar-refractivity contribution in [1.29, 1.82) is 0 Å². The molecule has 1 aliphatic heterocycles. The quantitative estimate of drug-likeness (QED) is 0.612. The van der Waals surface area contributed by atoms with Crippen LogP contribution in [-0.4, -0.2) is 23.6 Å². The minimum Gasteiger partial charge on any atom is -0.422 e. The molecular weight excluding hydrogens is 217 g/mol. The van der Waals surface area contributed by atoms with Crippen LogP contribution in [0.15, 0.2) is 24.3 Å². The number of nitrogens with one attached hydrogen (secondary N) is 1. The van der Waals surface area contributed by atoms with Crippen LogP contribution in [0.1, 0.15) is 0 Å². The second-order valence-corrected chi connectivity index (χ2v) is 4.15. The summed E-state index contributed by atoms with van der Waals surface area (Å²) in [6, 6.07) is 5.56. The fourth-order valence-electron chi connectivity index (χ4n) is 1.25. The Hall–Kier alpha value is -1.07. The summed E-state index contributed by atoms with van der Waals surface area (Å²) in [7, 11) is 0. The highest BCUT2D eigenvalue weighted by Gasteiger charge is 2.25. The maximum Gasteiger partial charge on any atom is 0.329 e. The van der Waals surface area contributed by atoms with Gasteiger partial charge in [-0.3, -0.25) is 5.32 Å². The number of thioether (sulfide) groups is 1. The highest BCUT2D eigenvalue weighted by Crippen LogP contribution is 2.18. The second kappa shape index (κ2) is 4.63. The van der Waals surface area contributed by atoms with Gasteiger partial charge >= 0.3 is 5.97 Å². The molecule has 0 aromatic heterocycles. The Bertz CT molecular complexity index is 366. The van der Waals surface area contributed by atoms with Crippen LogP contribution >= 0.6 is 11.8 Å². The molecular formula is C10H10FNO2S. The fraction of sp³-hybridized carbons (Fsp3) is 0.300. The lowest BCUT2D eigenvalue weighted by molar-refractivity contribution is -0.136. The molecule has 0 aliphatic carbocycles. The maximum absolute atomic E-state index is 13.1. The van der Waals surface area contributed by atoms with Crippen LogP contribution < -0.4 is 10.1 Å². The van der Waals surface area contributed by atoms with E-state index < -0.39 is 11.8 Å². The summed E-state index contributed by atoms with van der Waals surface area (Å²) >= 11 is 1.62. The van der Waals surface area contributed by atoms with Crippen LogP contribution in [-0.2, 0) is 4.79 Å². The number of carbonyl (C=O) groups excluding carboxylic acids is 1. The molecule has 1 atom stereocenters. The molecule has 1 aliphatic rings. The predicted molar refractivity (Wildman–Crippen MR) is 56.3 cm³/mol. The van der Waals surface area contributed by atoms with E-state index in [4.69, 9.17) is 4.74 Å². The summed E-state index contributed by atoms with van der Waals surface area (Å²) in [5, 5.41) is 2.96. The van der Waals surface area contributed by atoms with Gasteiger partial charge in [-0.15, -0.1) is 11.8 Å². The molecule has 1 unspecified atom stereocenters. The molecule has 1 fully saturated rings. The van der Waals surface area contributed by atoms with Crippen molar-refractivity contribution in [2.45, 2.75) is 6.04 Å². The van der Waals surface area contributed by atoms with Gasteiger partial charge in [0.25, 0.3) is 0 Å². The van der Waals surface area contributed by atoms with E-state index in [1.807, 2.05) is 0 Å². The van der Waals surface area contributed by atoms with Gasteiger partial charge < -0.3 is 4.74 Å². The van der Waals surface area contributed by atoms with Gasteiger partial charge in [-0.2, -0.15) is 0 Å². The number of hydrogen-bond donors (Lipinski definition) is 1. The highest BCUT2D eigenvalue weighted by molar-refractivity contribution is 7.99. The van der Waals surface area contributed by atoms with E-state index in [1.165, 1.54) is 12.1 Å². The number of rotatable bonds is 2. The van der Waals surface area contributed by atoms with Gasteiger partial charge in [0.2, 0.25) is 0 Å². The van der Waals surface area contributed by atoms with Crippen LogP contribution in [0, 0.1) is 5.82 Å². The number of benzene rings is 1.